The van der Waals surface area contributed by atoms with Crippen molar-refractivity contribution in [3.8, 4) is 10.0 Å². The van der Waals surface area contributed by atoms with Crippen molar-refractivity contribution < 1.29 is 0 Å². The number of para-hydroxylation sites is 1. The van der Waals surface area contributed by atoms with E-state index in [1.807, 2.05) is 34.5 Å². The monoisotopic (exact) mass is 303 g/mol. The van der Waals surface area contributed by atoms with Gasteiger partial charge in [-0.1, -0.05) is 12.1 Å². The molecule has 1 aromatic carbocycles. The predicted octanol–water partition coefficient (Wildman–Crippen LogP) is 4.56. The largest absolute Gasteiger partial charge is 0.245 e. The van der Waals surface area contributed by atoms with Crippen LogP contribution in [0, 0.1) is 0 Å². The summed E-state index contributed by atoms with van der Waals surface area (Å²) in [6.45, 7) is 0. The molecule has 0 fully saturated rings. The molecule has 0 amide bonds. The van der Waals surface area contributed by atoms with Gasteiger partial charge in [0.15, 0.2) is 10.0 Å². The molecule has 0 radical (unpaired) electrons. The first kappa shape index (κ1) is 12.4. The second-order valence-corrected chi connectivity index (χ2v) is 6.17. The van der Waals surface area contributed by atoms with Crippen LogP contribution in [0.1, 0.15) is 0 Å². The van der Waals surface area contributed by atoms with Crippen LogP contribution >= 0.6 is 34.0 Å². The molecular weight excluding hydrogens is 294 g/mol. The summed E-state index contributed by atoms with van der Waals surface area (Å²) in [6, 6.07) is 8.13. The van der Waals surface area contributed by atoms with Gasteiger partial charge in [-0.2, -0.15) is 0 Å². The SMILES string of the molecule is c1ccc2scnc2c1.c1csc(-c2nccs2)n1. The third-order valence-corrected chi connectivity index (χ3v) is 4.78. The van der Waals surface area contributed by atoms with Crippen LogP contribution in [0.15, 0.2) is 52.9 Å². The molecule has 0 spiro atoms. The van der Waals surface area contributed by atoms with Crippen LogP contribution in [0.2, 0.25) is 0 Å². The van der Waals surface area contributed by atoms with Crippen LogP contribution in [0.5, 0.6) is 0 Å². The standard InChI is InChI=1S/C7H5NS.C6H4N2S2/c1-2-4-7-6(3-1)8-5-9-7;1-3-9-5(7-1)6-8-2-4-10-6/h1-5H;1-4H. The normalized spacial score (nSPS) is 10.1. The molecular formula is C13H9N3S3. The van der Waals surface area contributed by atoms with Gasteiger partial charge in [-0.15, -0.1) is 34.0 Å². The van der Waals surface area contributed by atoms with Crippen molar-refractivity contribution in [1.29, 1.82) is 0 Å². The fourth-order valence-electron chi connectivity index (χ4n) is 1.46. The van der Waals surface area contributed by atoms with Gasteiger partial charge in [-0.05, 0) is 12.1 Å². The van der Waals surface area contributed by atoms with E-state index in [0.29, 0.717) is 0 Å². The molecule has 0 N–H and O–H groups in total. The van der Waals surface area contributed by atoms with Gasteiger partial charge in [0, 0.05) is 23.2 Å². The second kappa shape index (κ2) is 6.01. The second-order valence-electron chi connectivity index (χ2n) is 3.49. The van der Waals surface area contributed by atoms with Crippen LogP contribution in [0.3, 0.4) is 0 Å². The summed E-state index contributed by atoms with van der Waals surface area (Å²) in [5, 5.41) is 5.93. The smallest absolute Gasteiger partial charge is 0.152 e. The summed E-state index contributed by atoms with van der Waals surface area (Å²) in [5.74, 6) is 0. The fraction of sp³-hybridized carbons (Fsp3) is 0. The molecule has 4 aromatic rings. The topological polar surface area (TPSA) is 38.7 Å². The van der Waals surface area contributed by atoms with Crippen LogP contribution in [-0.4, -0.2) is 15.0 Å². The van der Waals surface area contributed by atoms with Gasteiger partial charge in [-0.25, -0.2) is 15.0 Å². The molecule has 19 heavy (non-hydrogen) atoms. The predicted molar refractivity (Wildman–Crippen MR) is 82.8 cm³/mol. The van der Waals surface area contributed by atoms with Crippen molar-refractivity contribution in [2.24, 2.45) is 0 Å². The Hall–Kier alpha value is -1.63. The average Bonchev–Trinajstić information content (AvgIpc) is 3.20. The Morgan fingerprint density at radius 2 is 1.42 bits per heavy atom. The minimum atomic E-state index is 1.01. The van der Waals surface area contributed by atoms with Crippen molar-refractivity contribution >= 4 is 44.2 Å². The Morgan fingerprint density at radius 3 is 2.00 bits per heavy atom. The molecule has 0 saturated heterocycles. The first-order chi connectivity index (χ1) is 9.43. The van der Waals surface area contributed by atoms with Crippen LogP contribution in [0.4, 0.5) is 0 Å². The van der Waals surface area contributed by atoms with E-state index in [1.165, 1.54) is 4.70 Å². The number of nitrogens with zero attached hydrogens (tertiary/aromatic N) is 3. The highest BCUT2D eigenvalue weighted by Crippen LogP contribution is 2.22. The zero-order valence-electron chi connectivity index (χ0n) is 9.76. The van der Waals surface area contributed by atoms with Gasteiger partial charge >= 0.3 is 0 Å². The lowest BCUT2D eigenvalue weighted by molar-refractivity contribution is 1.36. The number of benzene rings is 1. The van der Waals surface area contributed by atoms with Crippen molar-refractivity contribution in [1.82, 2.24) is 15.0 Å². The van der Waals surface area contributed by atoms with E-state index in [1.54, 1.807) is 46.4 Å². The highest BCUT2D eigenvalue weighted by molar-refractivity contribution is 7.19. The number of hydrogen-bond donors (Lipinski definition) is 0. The first-order valence-electron chi connectivity index (χ1n) is 5.51. The van der Waals surface area contributed by atoms with Gasteiger partial charge in [0.25, 0.3) is 0 Å². The quantitative estimate of drug-likeness (QED) is 0.517. The minimum absolute atomic E-state index is 1.01. The van der Waals surface area contributed by atoms with Crippen LogP contribution in [0.25, 0.3) is 20.2 Å². The van der Waals surface area contributed by atoms with E-state index < -0.39 is 0 Å². The Kier molecular flexibility index (Phi) is 3.92. The van der Waals surface area contributed by atoms with Crippen molar-refractivity contribution in [3.63, 3.8) is 0 Å². The molecule has 4 rings (SSSR count). The molecule has 6 heteroatoms. The maximum Gasteiger partial charge on any atom is 0.152 e. The number of fused-ring (bicyclic) bond motifs is 1. The third-order valence-electron chi connectivity index (χ3n) is 2.28. The highest BCUT2D eigenvalue weighted by Gasteiger charge is 2.00. The highest BCUT2D eigenvalue weighted by atomic mass is 32.1. The van der Waals surface area contributed by atoms with Crippen molar-refractivity contribution in [3.05, 3.63) is 52.9 Å². The molecule has 0 unspecified atom stereocenters. The lowest BCUT2D eigenvalue weighted by atomic mass is 10.3. The molecule has 0 atom stereocenters. The fourth-order valence-corrected chi connectivity index (χ4v) is 3.48. The number of thiazole rings is 3. The summed E-state index contributed by atoms with van der Waals surface area (Å²) in [4.78, 5) is 12.4. The molecule has 0 aliphatic carbocycles. The Morgan fingerprint density at radius 1 is 0.737 bits per heavy atom. The maximum absolute atomic E-state index is 4.14. The Bertz CT molecular complexity index is 667. The zero-order valence-corrected chi connectivity index (χ0v) is 12.2. The van der Waals surface area contributed by atoms with Gasteiger partial charge < -0.3 is 0 Å². The van der Waals surface area contributed by atoms with Gasteiger partial charge in [0.05, 0.1) is 15.7 Å². The van der Waals surface area contributed by atoms with E-state index >= 15 is 0 Å². The molecule has 3 nitrogen and oxygen atoms in total. The molecule has 3 heterocycles. The lowest BCUT2D eigenvalue weighted by Crippen LogP contribution is -1.68. The molecule has 0 bridgehead atoms. The van der Waals surface area contributed by atoms with Gasteiger partial charge in [-0.3, -0.25) is 0 Å². The van der Waals surface area contributed by atoms with Gasteiger partial charge in [0.2, 0.25) is 0 Å². The van der Waals surface area contributed by atoms with E-state index in [0.717, 1.165) is 15.5 Å². The summed E-state index contributed by atoms with van der Waals surface area (Å²) in [5.41, 5.74) is 2.97. The van der Waals surface area contributed by atoms with E-state index in [4.69, 9.17) is 0 Å². The molecule has 0 saturated carbocycles. The lowest BCUT2D eigenvalue weighted by Gasteiger charge is -1.81. The van der Waals surface area contributed by atoms with Crippen LogP contribution < -0.4 is 0 Å². The van der Waals surface area contributed by atoms with Crippen molar-refractivity contribution in [2.45, 2.75) is 0 Å². The number of rotatable bonds is 1. The number of hydrogen-bond acceptors (Lipinski definition) is 6. The Balaban J connectivity index is 0.000000117. The van der Waals surface area contributed by atoms with E-state index in [9.17, 15) is 0 Å². The van der Waals surface area contributed by atoms with Gasteiger partial charge in [0.1, 0.15) is 0 Å². The van der Waals surface area contributed by atoms with Crippen molar-refractivity contribution in [2.75, 3.05) is 0 Å². The Labute approximate surface area is 122 Å². The summed E-state index contributed by atoms with van der Waals surface area (Å²) < 4.78 is 1.26. The third kappa shape index (κ3) is 3.04. The maximum atomic E-state index is 4.14. The average molecular weight is 303 g/mol. The van der Waals surface area contributed by atoms with Crippen LogP contribution in [-0.2, 0) is 0 Å². The molecule has 0 aliphatic heterocycles. The minimum Gasteiger partial charge on any atom is -0.245 e. The number of aromatic nitrogens is 3. The first-order valence-corrected chi connectivity index (χ1v) is 8.15. The zero-order chi connectivity index (χ0) is 12.9. The molecule has 3 aromatic heterocycles. The summed E-state index contributed by atoms with van der Waals surface area (Å²) in [6.07, 6.45) is 3.59. The van der Waals surface area contributed by atoms with E-state index in [2.05, 4.69) is 21.0 Å². The van der Waals surface area contributed by atoms with E-state index in [-0.39, 0.29) is 0 Å². The summed E-state index contributed by atoms with van der Waals surface area (Å²) in [7, 11) is 0. The molecule has 94 valence electrons. The summed E-state index contributed by atoms with van der Waals surface area (Å²) >= 11 is 4.91. The molecule has 0 aliphatic rings.